The predicted molar refractivity (Wildman–Crippen MR) is 68.0 cm³/mol. The van der Waals surface area contributed by atoms with Crippen molar-refractivity contribution in [3.63, 3.8) is 0 Å². The monoisotopic (exact) mass is 259 g/mol. The van der Waals surface area contributed by atoms with E-state index >= 15 is 0 Å². The first kappa shape index (κ1) is 15.4. The molecular weight excluding hydrogens is 234 g/mol. The molecule has 0 unspecified atom stereocenters. The molecular formula is C13H25NO4. The van der Waals surface area contributed by atoms with E-state index in [0.29, 0.717) is 19.6 Å². The number of rotatable bonds is 8. The molecule has 1 heterocycles. The third-order valence-corrected chi connectivity index (χ3v) is 3.43. The summed E-state index contributed by atoms with van der Waals surface area (Å²) in [5, 5.41) is 0. The number of hydrogen-bond donors (Lipinski definition) is 1. The highest BCUT2D eigenvalue weighted by atomic mass is 16.7. The van der Waals surface area contributed by atoms with Gasteiger partial charge in [0.1, 0.15) is 6.04 Å². The molecule has 0 amide bonds. The molecule has 0 bridgehead atoms. The van der Waals surface area contributed by atoms with Crippen molar-refractivity contribution in [2.24, 2.45) is 5.73 Å². The van der Waals surface area contributed by atoms with Crippen LogP contribution in [0, 0.1) is 0 Å². The van der Waals surface area contributed by atoms with Crippen molar-refractivity contribution in [3.8, 4) is 0 Å². The summed E-state index contributed by atoms with van der Waals surface area (Å²) in [6.07, 6.45) is 5.45. The highest BCUT2D eigenvalue weighted by Crippen LogP contribution is 2.29. The Morgan fingerprint density at radius 1 is 1.33 bits per heavy atom. The molecule has 18 heavy (non-hydrogen) atoms. The molecule has 0 spiro atoms. The normalized spacial score (nSPS) is 19.7. The van der Waals surface area contributed by atoms with Crippen LogP contribution in [0.25, 0.3) is 0 Å². The highest BCUT2D eigenvalue weighted by Gasteiger charge is 2.33. The summed E-state index contributed by atoms with van der Waals surface area (Å²) in [6, 6.07) is -0.492. The average molecular weight is 259 g/mol. The molecule has 0 aliphatic carbocycles. The maximum absolute atomic E-state index is 11.1. The van der Waals surface area contributed by atoms with E-state index in [1.807, 2.05) is 0 Å². The predicted octanol–water partition coefficient (Wildman–Crippen LogP) is 1.59. The van der Waals surface area contributed by atoms with Gasteiger partial charge in [0.15, 0.2) is 5.79 Å². The molecule has 0 aromatic carbocycles. The molecule has 0 saturated carbocycles. The fourth-order valence-electron chi connectivity index (χ4n) is 2.23. The molecule has 1 fully saturated rings. The van der Waals surface area contributed by atoms with Gasteiger partial charge in [-0.2, -0.15) is 0 Å². The summed E-state index contributed by atoms with van der Waals surface area (Å²) in [5.41, 5.74) is 5.66. The number of carbonyl (C=O) groups excluding carboxylic acids is 1. The second-order valence-electron chi connectivity index (χ2n) is 4.69. The van der Waals surface area contributed by atoms with Gasteiger partial charge in [-0.3, -0.25) is 4.79 Å². The first-order chi connectivity index (χ1) is 8.63. The largest absolute Gasteiger partial charge is 0.468 e. The van der Waals surface area contributed by atoms with Gasteiger partial charge in [-0.05, 0) is 19.3 Å². The Hall–Kier alpha value is -0.650. The molecule has 0 aromatic heterocycles. The molecule has 106 valence electrons. The van der Waals surface area contributed by atoms with Crippen molar-refractivity contribution in [2.45, 2.75) is 57.3 Å². The van der Waals surface area contributed by atoms with Gasteiger partial charge in [-0.15, -0.1) is 0 Å². The lowest BCUT2D eigenvalue weighted by atomic mass is 10.0. The molecule has 1 saturated heterocycles. The van der Waals surface area contributed by atoms with E-state index in [0.717, 1.165) is 32.1 Å². The number of unbranched alkanes of at least 4 members (excludes halogenated alkanes) is 2. The van der Waals surface area contributed by atoms with Crippen LogP contribution in [0.15, 0.2) is 0 Å². The van der Waals surface area contributed by atoms with Crippen molar-refractivity contribution >= 4 is 5.97 Å². The van der Waals surface area contributed by atoms with Gasteiger partial charge in [0, 0.05) is 6.42 Å². The van der Waals surface area contributed by atoms with Crippen LogP contribution in [-0.2, 0) is 19.0 Å². The van der Waals surface area contributed by atoms with Crippen molar-refractivity contribution < 1.29 is 19.0 Å². The van der Waals surface area contributed by atoms with E-state index in [1.54, 1.807) is 0 Å². The van der Waals surface area contributed by atoms with Crippen molar-refractivity contribution in [3.05, 3.63) is 0 Å². The molecule has 0 aromatic rings. The third kappa shape index (κ3) is 4.55. The van der Waals surface area contributed by atoms with E-state index in [-0.39, 0.29) is 11.8 Å². The third-order valence-electron chi connectivity index (χ3n) is 3.43. The van der Waals surface area contributed by atoms with Crippen LogP contribution in [-0.4, -0.2) is 38.1 Å². The topological polar surface area (TPSA) is 70.8 Å². The van der Waals surface area contributed by atoms with E-state index in [2.05, 4.69) is 11.7 Å². The molecule has 5 heteroatoms. The molecule has 5 nitrogen and oxygen atoms in total. The van der Waals surface area contributed by atoms with Gasteiger partial charge in [0.05, 0.1) is 20.3 Å². The van der Waals surface area contributed by atoms with Crippen molar-refractivity contribution in [2.75, 3.05) is 20.3 Å². The fourth-order valence-corrected chi connectivity index (χ4v) is 2.23. The number of esters is 1. The van der Waals surface area contributed by atoms with Gasteiger partial charge in [-0.1, -0.05) is 19.8 Å². The molecule has 0 radical (unpaired) electrons. The number of carbonyl (C=O) groups is 1. The molecule has 1 aliphatic rings. The summed E-state index contributed by atoms with van der Waals surface area (Å²) < 4.78 is 15.9. The summed E-state index contributed by atoms with van der Waals surface area (Å²) in [6.45, 7) is 3.47. The van der Waals surface area contributed by atoms with Gasteiger partial charge >= 0.3 is 5.97 Å². The van der Waals surface area contributed by atoms with Gasteiger partial charge in [0.2, 0.25) is 0 Å². The van der Waals surface area contributed by atoms with Crippen LogP contribution in [0.3, 0.4) is 0 Å². The van der Waals surface area contributed by atoms with Gasteiger partial charge < -0.3 is 19.9 Å². The lowest BCUT2D eigenvalue weighted by Crippen LogP contribution is -2.31. The lowest BCUT2D eigenvalue weighted by molar-refractivity contribution is -0.164. The standard InChI is InChI=1S/C13H25NO4/c1-3-13(17-9-10-18-13)8-6-4-5-7-11(14)12(15)16-2/h11H,3-10,14H2,1-2H3/t11-/m0/s1. The van der Waals surface area contributed by atoms with Crippen molar-refractivity contribution in [1.82, 2.24) is 0 Å². The molecule has 1 rings (SSSR count). The van der Waals surface area contributed by atoms with Gasteiger partial charge in [0.25, 0.3) is 0 Å². The molecule has 1 atom stereocenters. The van der Waals surface area contributed by atoms with Crippen LogP contribution in [0.5, 0.6) is 0 Å². The van der Waals surface area contributed by atoms with Gasteiger partial charge in [-0.25, -0.2) is 0 Å². The first-order valence-corrected chi connectivity index (χ1v) is 6.75. The number of hydrogen-bond acceptors (Lipinski definition) is 5. The first-order valence-electron chi connectivity index (χ1n) is 6.75. The fraction of sp³-hybridized carbons (Fsp3) is 0.923. The van der Waals surface area contributed by atoms with E-state index in [1.165, 1.54) is 7.11 Å². The van der Waals surface area contributed by atoms with E-state index in [9.17, 15) is 4.79 Å². The van der Waals surface area contributed by atoms with Crippen LogP contribution in [0.4, 0.5) is 0 Å². The van der Waals surface area contributed by atoms with Crippen LogP contribution in [0.1, 0.15) is 45.4 Å². The average Bonchev–Trinajstić information content (AvgIpc) is 2.86. The maximum atomic E-state index is 11.1. The summed E-state index contributed by atoms with van der Waals surface area (Å²) in [4.78, 5) is 11.1. The second kappa shape index (κ2) is 7.71. The Morgan fingerprint density at radius 2 is 2.00 bits per heavy atom. The Balaban J connectivity index is 2.09. The minimum Gasteiger partial charge on any atom is -0.468 e. The number of ether oxygens (including phenoxy) is 3. The van der Waals surface area contributed by atoms with Crippen LogP contribution < -0.4 is 5.73 Å². The quantitative estimate of drug-likeness (QED) is 0.529. The smallest absolute Gasteiger partial charge is 0.322 e. The molecule has 2 N–H and O–H groups in total. The summed E-state index contributed by atoms with van der Waals surface area (Å²) >= 11 is 0. The minimum absolute atomic E-state index is 0.331. The zero-order valence-corrected chi connectivity index (χ0v) is 11.4. The lowest BCUT2D eigenvalue weighted by Gasteiger charge is -2.25. The van der Waals surface area contributed by atoms with Crippen LogP contribution in [0.2, 0.25) is 0 Å². The van der Waals surface area contributed by atoms with Crippen molar-refractivity contribution in [1.29, 1.82) is 0 Å². The Kier molecular flexibility index (Phi) is 6.60. The van der Waals surface area contributed by atoms with E-state index in [4.69, 9.17) is 15.2 Å². The SMILES string of the molecule is CCC1(CCCCC[C@H](N)C(=O)OC)OCCO1. The zero-order chi connectivity index (χ0) is 13.4. The Labute approximate surface area is 109 Å². The maximum Gasteiger partial charge on any atom is 0.322 e. The van der Waals surface area contributed by atoms with Crippen LogP contribution >= 0.6 is 0 Å². The minimum atomic E-state index is -0.492. The Bertz CT molecular complexity index is 251. The summed E-state index contributed by atoms with van der Waals surface area (Å²) in [7, 11) is 1.36. The number of nitrogens with two attached hydrogens (primary N) is 1. The van der Waals surface area contributed by atoms with E-state index < -0.39 is 6.04 Å². The number of methoxy groups -OCH3 is 1. The second-order valence-corrected chi connectivity index (χ2v) is 4.69. The Morgan fingerprint density at radius 3 is 2.56 bits per heavy atom. The highest BCUT2D eigenvalue weighted by molar-refractivity contribution is 5.75. The molecule has 1 aliphatic heterocycles. The zero-order valence-electron chi connectivity index (χ0n) is 11.4. The summed E-state index contributed by atoms with van der Waals surface area (Å²) in [5.74, 6) is -0.688.